The molecule has 2 aromatic carbocycles. The molecule has 1 aliphatic rings. The number of fused-ring (bicyclic) bond motifs is 1. The van der Waals surface area contributed by atoms with E-state index in [1.165, 1.54) is 28.8 Å². The summed E-state index contributed by atoms with van der Waals surface area (Å²) in [5, 5.41) is 11.7. The fourth-order valence-corrected chi connectivity index (χ4v) is 4.21. The van der Waals surface area contributed by atoms with Gasteiger partial charge in [0, 0.05) is 32.2 Å². The molecule has 0 unspecified atom stereocenters. The number of nitrogens with zero attached hydrogens (tertiary/aromatic N) is 2. The van der Waals surface area contributed by atoms with Gasteiger partial charge in [0.2, 0.25) is 0 Å². The Morgan fingerprint density at radius 2 is 1.77 bits per heavy atom. The fraction of sp³-hybridized carbons (Fsp3) is 0.348. The number of aromatic nitrogens is 1. The van der Waals surface area contributed by atoms with E-state index in [0.717, 1.165) is 17.5 Å². The summed E-state index contributed by atoms with van der Waals surface area (Å²) in [6, 6.07) is 10.8. The Kier molecular flexibility index (Phi) is 5.39. The molecule has 31 heavy (non-hydrogen) atoms. The van der Waals surface area contributed by atoms with Gasteiger partial charge in [-0.25, -0.2) is 4.39 Å². The third kappa shape index (κ3) is 4.22. The van der Waals surface area contributed by atoms with Crippen LogP contribution >= 0.6 is 0 Å². The molecule has 3 aromatic rings. The number of hydrogen-bond donors (Lipinski definition) is 1. The average molecular weight is 434 g/mol. The zero-order valence-electron chi connectivity index (χ0n) is 16.9. The molecular weight excluding hydrogens is 412 g/mol. The first-order valence-corrected chi connectivity index (χ1v) is 9.97. The summed E-state index contributed by atoms with van der Waals surface area (Å²) in [5.41, 5.74) is -1.04. The van der Waals surface area contributed by atoms with Crippen molar-refractivity contribution in [1.29, 1.82) is 0 Å². The van der Waals surface area contributed by atoms with Crippen molar-refractivity contribution in [2.24, 2.45) is 7.05 Å². The minimum atomic E-state index is -4.47. The molecule has 1 N–H and O–H groups in total. The van der Waals surface area contributed by atoms with Crippen molar-refractivity contribution in [2.45, 2.75) is 31.2 Å². The van der Waals surface area contributed by atoms with Crippen LogP contribution in [0.25, 0.3) is 10.9 Å². The largest absolute Gasteiger partial charge is 0.416 e. The average Bonchev–Trinajstić information content (AvgIpc) is 2.73. The van der Waals surface area contributed by atoms with Gasteiger partial charge in [-0.05, 0) is 60.2 Å². The van der Waals surface area contributed by atoms with E-state index in [1.807, 2.05) is 4.90 Å². The highest BCUT2D eigenvalue weighted by atomic mass is 19.4. The van der Waals surface area contributed by atoms with Gasteiger partial charge >= 0.3 is 6.18 Å². The molecule has 4 rings (SSSR count). The number of alkyl halides is 3. The van der Waals surface area contributed by atoms with Crippen LogP contribution in [0.15, 0.2) is 53.3 Å². The van der Waals surface area contributed by atoms with Gasteiger partial charge in [-0.3, -0.25) is 9.69 Å². The van der Waals surface area contributed by atoms with Crippen LogP contribution in [0, 0.1) is 5.82 Å². The molecule has 0 amide bonds. The van der Waals surface area contributed by atoms with Crippen LogP contribution in [0.4, 0.5) is 17.6 Å². The number of rotatable bonds is 3. The Morgan fingerprint density at radius 1 is 1.06 bits per heavy atom. The summed E-state index contributed by atoms with van der Waals surface area (Å²) >= 11 is 0. The molecule has 1 aliphatic heterocycles. The van der Waals surface area contributed by atoms with Gasteiger partial charge < -0.3 is 9.67 Å². The van der Waals surface area contributed by atoms with Crippen LogP contribution in [0.5, 0.6) is 0 Å². The first-order valence-electron chi connectivity index (χ1n) is 9.97. The zero-order chi connectivity index (χ0) is 22.4. The SMILES string of the molecule is Cn1c(=O)c(CN2CCC(O)(c3cccc(C(F)(F)F)c3)CC2)cc2ccc(F)cc21. The normalized spacial score (nSPS) is 17.2. The van der Waals surface area contributed by atoms with E-state index >= 15 is 0 Å². The smallest absolute Gasteiger partial charge is 0.385 e. The third-order valence-corrected chi connectivity index (χ3v) is 6.07. The Hall–Kier alpha value is -2.71. The maximum Gasteiger partial charge on any atom is 0.416 e. The molecule has 8 heteroatoms. The van der Waals surface area contributed by atoms with E-state index in [-0.39, 0.29) is 24.0 Å². The van der Waals surface area contributed by atoms with Crippen molar-refractivity contribution in [3.63, 3.8) is 0 Å². The van der Waals surface area contributed by atoms with E-state index < -0.39 is 23.2 Å². The number of pyridine rings is 1. The van der Waals surface area contributed by atoms with Crippen molar-refractivity contribution in [2.75, 3.05) is 13.1 Å². The predicted molar refractivity (Wildman–Crippen MR) is 109 cm³/mol. The number of piperidine rings is 1. The lowest BCUT2D eigenvalue weighted by Gasteiger charge is -2.38. The first-order chi connectivity index (χ1) is 14.6. The summed E-state index contributed by atoms with van der Waals surface area (Å²) < 4.78 is 54.0. The lowest BCUT2D eigenvalue weighted by molar-refractivity contribution is -0.137. The molecule has 2 heterocycles. The molecule has 0 bridgehead atoms. The highest BCUT2D eigenvalue weighted by Gasteiger charge is 2.37. The second-order valence-corrected chi connectivity index (χ2v) is 8.12. The van der Waals surface area contributed by atoms with Crippen LogP contribution in [-0.2, 0) is 25.4 Å². The number of aryl methyl sites for hydroxylation is 1. The Morgan fingerprint density at radius 3 is 2.45 bits per heavy atom. The van der Waals surface area contributed by atoms with Crippen molar-refractivity contribution < 1.29 is 22.7 Å². The van der Waals surface area contributed by atoms with Crippen LogP contribution in [0.2, 0.25) is 0 Å². The van der Waals surface area contributed by atoms with Crippen molar-refractivity contribution in [1.82, 2.24) is 9.47 Å². The van der Waals surface area contributed by atoms with Crippen LogP contribution in [0.3, 0.4) is 0 Å². The molecular formula is C23H22F4N2O2. The number of aliphatic hydroxyl groups is 1. The molecule has 1 saturated heterocycles. The van der Waals surface area contributed by atoms with Crippen molar-refractivity contribution >= 4 is 10.9 Å². The molecule has 1 aromatic heterocycles. The quantitative estimate of drug-likeness (QED) is 0.629. The summed E-state index contributed by atoms with van der Waals surface area (Å²) in [6.45, 7) is 1.20. The lowest BCUT2D eigenvalue weighted by Crippen LogP contribution is -2.43. The van der Waals surface area contributed by atoms with Gasteiger partial charge in [-0.15, -0.1) is 0 Å². The number of hydrogen-bond acceptors (Lipinski definition) is 3. The molecule has 0 atom stereocenters. The Labute approximate surface area is 176 Å². The second-order valence-electron chi connectivity index (χ2n) is 8.12. The number of benzene rings is 2. The number of halogens is 4. The molecule has 0 saturated carbocycles. The molecule has 1 fully saturated rings. The Bertz CT molecular complexity index is 1180. The summed E-state index contributed by atoms with van der Waals surface area (Å²) in [5.74, 6) is -0.417. The highest BCUT2D eigenvalue weighted by Crippen LogP contribution is 2.37. The standard InChI is InChI=1S/C23H22F4N2O2/c1-28-20-13-19(24)6-5-15(20)11-16(21(28)30)14-29-9-7-22(31,8-10-29)17-3-2-4-18(12-17)23(25,26)27/h2-6,11-13,31H,7-10,14H2,1H3. The Balaban J connectivity index is 1.52. The summed E-state index contributed by atoms with van der Waals surface area (Å²) in [7, 11) is 1.59. The van der Waals surface area contributed by atoms with Gasteiger partial charge in [0.05, 0.1) is 16.7 Å². The van der Waals surface area contributed by atoms with Gasteiger partial charge in [0.1, 0.15) is 5.82 Å². The number of likely N-dealkylation sites (tertiary alicyclic amines) is 1. The summed E-state index contributed by atoms with van der Waals surface area (Å²) in [6.07, 6.45) is -3.95. The second kappa shape index (κ2) is 7.76. The van der Waals surface area contributed by atoms with E-state index in [9.17, 15) is 27.5 Å². The van der Waals surface area contributed by atoms with Crippen LogP contribution < -0.4 is 5.56 Å². The molecule has 0 radical (unpaired) electrons. The molecule has 0 spiro atoms. The predicted octanol–water partition coefficient (Wildman–Crippen LogP) is 4.18. The van der Waals surface area contributed by atoms with E-state index in [1.54, 1.807) is 19.2 Å². The molecule has 4 nitrogen and oxygen atoms in total. The van der Waals surface area contributed by atoms with Crippen LogP contribution in [-0.4, -0.2) is 27.7 Å². The van der Waals surface area contributed by atoms with Gasteiger partial charge in [-0.1, -0.05) is 12.1 Å². The maximum atomic E-state index is 13.5. The molecule has 164 valence electrons. The van der Waals surface area contributed by atoms with Gasteiger partial charge in [-0.2, -0.15) is 13.2 Å². The van der Waals surface area contributed by atoms with Gasteiger partial charge in [0.25, 0.3) is 5.56 Å². The minimum absolute atomic E-state index is 0.225. The minimum Gasteiger partial charge on any atom is -0.385 e. The monoisotopic (exact) mass is 434 g/mol. The zero-order valence-corrected chi connectivity index (χ0v) is 16.9. The fourth-order valence-electron chi connectivity index (χ4n) is 4.21. The van der Waals surface area contributed by atoms with E-state index in [2.05, 4.69) is 0 Å². The third-order valence-electron chi connectivity index (χ3n) is 6.07. The maximum absolute atomic E-state index is 13.5. The topological polar surface area (TPSA) is 45.5 Å². The van der Waals surface area contributed by atoms with Crippen LogP contribution in [0.1, 0.15) is 29.5 Å². The van der Waals surface area contributed by atoms with Crippen molar-refractivity contribution in [3.05, 3.63) is 81.4 Å². The first kappa shape index (κ1) is 21.5. The molecule has 0 aliphatic carbocycles. The van der Waals surface area contributed by atoms with Crippen molar-refractivity contribution in [3.8, 4) is 0 Å². The van der Waals surface area contributed by atoms with E-state index in [0.29, 0.717) is 30.7 Å². The van der Waals surface area contributed by atoms with E-state index in [4.69, 9.17) is 0 Å². The highest BCUT2D eigenvalue weighted by molar-refractivity contribution is 5.79. The van der Waals surface area contributed by atoms with Gasteiger partial charge in [0.15, 0.2) is 0 Å². The summed E-state index contributed by atoms with van der Waals surface area (Å²) in [4.78, 5) is 14.7. The lowest BCUT2D eigenvalue weighted by atomic mass is 9.83.